The lowest BCUT2D eigenvalue weighted by Crippen LogP contribution is -2.07. The van der Waals surface area contributed by atoms with E-state index >= 15 is 0 Å². The summed E-state index contributed by atoms with van der Waals surface area (Å²) in [5.74, 6) is -0.209. The fourth-order valence-corrected chi connectivity index (χ4v) is 1.89. The van der Waals surface area contributed by atoms with Gasteiger partial charge >= 0.3 is 5.97 Å². The first-order valence-corrected chi connectivity index (χ1v) is 6.23. The van der Waals surface area contributed by atoms with Gasteiger partial charge in [-0.25, -0.2) is 0 Å². The Morgan fingerprint density at radius 3 is 2.47 bits per heavy atom. The first-order chi connectivity index (χ1) is 9.20. The average Bonchev–Trinajstić information content (AvgIpc) is 2.42. The van der Waals surface area contributed by atoms with Crippen molar-refractivity contribution >= 4 is 5.97 Å². The monoisotopic (exact) mass is 256 g/mol. The molecule has 0 aliphatic heterocycles. The molecule has 2 aromatic carbocycles. The second kappa shape index (κ2) is 6.05. The van der Waals surface area contributed by atoms with Gasteiger partial charge in [-0.2, -0.15) is 0 Å². The second-order valence-electron chi connectivity index (χ2n) is 4.19. The molecular formula is C16H16O3. The van der Waals surface area contributed by atoms with Gasteiger partial charge in [-0.1, -0.05) is 42.5 Å². The molecule has 0 aliphatic carbocycles. The van der Waals surface area contributed by atoms with Crippen molar-refractivity contribution < 1.29 is 14.6 Å². The number of rotatable bonds is 4. The molecule has 2 rings (SSSR count). The zero-order chi connectivity index (χ0) is 13.7. The molecule has 0 unspecified atom stereocenters. The van der Waals surface area contributed by atoms with Crippen LogP contribution in [0.15, 0.2) is 48.5 Å². The molecule has 0 atom stereocenters. The zero-order valence-electron chi connectivity index (χ0n) is 10.8. The Morgan fingerprint density at radius 2 is 1.84 bits per heavy atom. The molecule has 0 fully saturated rings. The Balaban J connectivity index is 2.20. The third-order valence-corrected chi connectivity index (χ3v) is 2.83. The summed E-state index contributed by atoms with van der Waals surface area (Å²) in [5, 5.41) is 9.96. The SMILES string of the molecule is CCOC(=O)Cc1ccc(-c2ccccc2)cc1O. The highest BCUT2D eigenvalue weighted by Crippen LogP contribution is 2.26. The van der Waals surface area contributed by atoms with Crippen LogP contribution in [0.2, 0.25) is 0 Å². The fourth-order valence-electron chi connectivity index (χ4n) is 1.89. The number of benzene rings is 2. The number of ether oxygens (including phenoxy) is 1. The quantitative estimate of drug-likeness (QED) is 0.855. The predicted molar refractivity (Wildman–Crippen MR) is 73.9 cm³/mol. The molecule has 0 heterocycles. The van der Waals surface area contributed by atoms with Gasteiger partial charge in [0, 0.05) is 5.56 Å². The van der Waals surface area contributed by atoms with E-state index in [9.17, 15) is 9.90 Å². The maximum absolute atomic E-state index is 11.4. The summed E-state index contributed by atoms with van der Waals surface area (Å²) in [6.07, 6.45) is 0.0920. The molecule has 3 nitrogen and oxygen atoms in total. The molecule has 0 aliphatic rings. The van der Waals surface area contributed by atoms with Crippen LogP contribution in [0.1, 0.15) is 12.5 Å². The minimum Gasteiger partial charge on any atom is -0.508 e. The Bertz CT molecular complexity index is 561. The number of carbonyl (C=O) groups is 1. The largest absolute Gasteiger partial charge is 0.508 e. The van der Waals surface area contributed by atoms with Gasteiger partial charge in [-0.3, -0.25) is 4.79 Å². The minimum atomic E-state index is -0.328. The van der Waals surface area contributed by atoms with Crippen molar-refractivity contribution in [1.82, 2.24) is 0 Å². The van der Waals surface area contributed by atoms with Crippen molar-refractivity contribution in [2.75, 3.05) is 6.61 Å². The Morgan fingerprint density at radius 1 is 1.11 bits per heavy atom. The van der Waals surface area contributed by atoms with Crippen LogP contribution < -0.4 is 0 Å². The van der Waals surface area contributed by atoms with E-state index in [1.54, 1.807) is 19.1 Å². The lowest BCUT2D eigenvalue weighted by atomic mass is 10.0. The first-order valence-electron chi connectivity index (χ1n) is 6.23. The van der Waals surface area contributed by atoms with Gasteiger partial charge in [0.05, 0.1) is 13.0 Å². The van der Waals surface area contributed by atoms with Crippen LogP contribution in [0.25, 0.3) is 11.1 Å². The van der Waals surface area contributed by atoms with Gasteiger partial charge in [-0.05, 0) is 24.1 Å². The Hall–Kier alpha value is -2.29. The van der Waals surface area contributed by atoms with Crippen molar-refractivity contribution in [3.63, 3.8) is 0 Å². The van der Waals surface area contributed by atoms with Crippen LogP contribution in [-0.2, 0) is 16.0 Å². The summed E-state index contributed by atoms with van der Waals surface area (Å²) in [4.78, 5) is 11.4. The Labute approximate surface area is 112 Å². The molecular weight excluding hydrogens is 240 g/mol. The van der Waals surface area contributed by atoms with E-state index in [1.165, 1.54) is 0 Å². The van der Waals surface area contributed by atoms with Crippen LogP contribution >= 0.6 is 0 Å². The van der Waals surface area contributed by atoms with Gasteiger partial charge in [-0.15, -0.1) is 0 Å². The number of esters is 1. The van der Waals surface area contributed by atoms with Crippen LogP contribution in [0, 0.1) is 0 Å². The summed E-state index contributed by atoms with van der Waals surface area (Å²) in [6, 6.07) is 15.1. The third-order valence-electron chi connectivity index (χ3n) is 2.83. The molecule has 1 N–H and O–H groups in total. The van der Waals surface area contributed by atoms with E-state index in [-0.39, 0.29) is 18.1 Å². The molecule has 0 radical (unpaired) electrons. The summed E-state index contributed by atoms with van der Waals surface area (Å²) in [6.45, 7) is 2.11. The maximum atomic E-state index is 11.4. The molecule has 0 bridgehead atoms. The molecule has 98 valence electrons. The van der Waals surface area contributed by atoms with Gasteiger partial charge in [0.2, 0.25) is 0 Å². The number of hydrogen-bond donors (Lipinski definition) is 1. The van der Waals surface area contributed by atoms with Crippen LogP contribution in [0.4, 0.5) is 0 Å². The van der Waals surface area contributed by atoms with E-state index in [0.29, 0.717) is 12.2 Å². The highest BCUT2D eigenvalue weighted by Gasteiger charge is 2.09. The third kappa shape index (κ3) is 3.35. The average molecular weight is 256 g/mol. The standard InChI is InChI=1S/C16H16O3/c1-2-19-16(18)11-14-9-8-13(10-15(14)17)12-6-4-3-5-7-12/h3-10,17H,2,11H2,1H3. The van der Waals surface area contributed by atoms with Crippen molar-refractivity contribution in [3.8, 4) is 16.9 Å². The second-order valence-corrected chi connectivity index (χ2v) is 4.19. The molecule has 0 saturated heterocycles. The molecule has 0 amide bonds. The first kappa shape index (κ1) is 13.1. The molecule has 0 spiro atoms. The van der Waals surface area contributed by atoms with Gasteiger partial charge in [0.15, 0.2) is 0 Å². The van der Waals surface area contributed by atoms with Crippen molar-refractivity contribution in [2.45, 2.75) is 13.3 Å². The maximum Gasteiger partial charge on any atom is 0.310 e. The van der Waals surface area contributed by atoms with Crippen LogP contribution in [0.5, 0.6) is 5.75 Å². The summed E-state index contributed by atoms with van der Waals surface area (Å²) < 4.78 is 4.87. The number of carbonyl (C=O) groups excluding carboxylic acids is 1. The molecule has 3 heteroatoms. The van der Waals surface area contributed by atoms with E-state index in [1.807, 2.05) is 36.4 Å². The smallest absolute Gasteiger partial charge is 0.310 e. The zero-order valence-corrected chi connectivity index (χ0v) is 10.8. The van der Waals surface area contributed by atoms with Crippen LogP contribution in [0.3, 0.4) is 0 Å². The van der Waals surface area contributed by atoms with Gasteiger partial charge in [0.25, 0.3) is 0 Å². The highest BCUT2D eigenvalue weighted by atomic mass is 16.5. The topological polar surface area (TPSA) is 46.5 Å². The normalized spacial score (nSPS) is 10.2. The van der Waals surface area contributed by atoms with Crippen molar-refractivity contribution in [2.24, 2.45) is 0 Å². The predicted octanol–water partition coefficient (Wildman–Crippen LogP) is 3.16. The molecule has 19 heavy (non-hydrogen) atoms. The van der Waals surface area contributed by atoms with Crippen LogP contribution in [-0.4, -0.2) is 17.7 Å². The lowest BCUT2D eigenvalue weighted by molar-refractivity contribution is -0.142. The fraction of sp³-hybridized carbons (Fsp3) is 0.188. The highest BCUT2D eigenvalue weighted by molar-refractivity contribution is 5.75. The van der Waals surface area contributed by atoms with E-state index in [0.717, 1.165) is 11.1 Å². The minimum absolute atomic E-state index is 0.0920. The summed E-state index contributed by atoms with van der Waals surface area (Å²) in [7, 11) is 0. The van der Waals surface area contributed by atoms with E-state index < -0.39 is 0 Å². The van der Waals surface area contributed by atoms with E-state index in [4.69, 9.17) is 4.74 Å². The number of aromatic hydroxyl groups is 1. The molecule has 2 aromatic rings. The van der Waals surface area contributed by atoms with Crippen molar-refractivity contribution in [3.05, 3.63) is 54.1 Å². The van der Waals surface area contributed by atoms with Crippen molar-refractivity contribution in [1.29, 1.82) is 0 Å². The number of phenolic OH excluding ortho intramolecular Hbond substituents is 1. The Kier molecular flexibility index (Phi) is 4.18. The molecule has 0 aromatic heterocycles. The number of hydrogen-bond acceptors (Lipinski definition) is 3. The van der Waals surface area contributed by atoms with E-state index in [2.05, 4.69) is 0 Å². The summed E-state index contributed by atoms with van der Waals surface area (Å²) in [5.41, 5.74) is 2.53. The van der Waals surface area contributed by atoms with Gasteiger partial charge < -0.3 is 9.84 Å². The number of phenols is 1. The molecule has 0 saturated carbocycles. The lowest BCUT2D eigenvalue weighted by Gasteiger charge is -2.07. The summed E-state index contributed by atoms with van der Waals surface area (Å²) >= 11 is 0. The van der Waals surface area contributed by atoms with Gasteiger partial charge in [0.1, 0.15) is 5.75 Å².